The molecule has 0 aliphatic carbocycles. The predicted molar refractivity (Wildman–Crippen MR) is 61.6 cm³/mol. The third-order valence-electron chi connectivity index (χ3n) is 2.45. The van der Waals surface area contributed by atoms with Gasteiger partial charge in [0.05, 0.1) is 6.04 Å². The number of carbonyl (C=O) groups excluding carboxylic acids is 1. The molecular weight excluding hydrogens is 196 g/mol. The van der Waals surface area contributed by atoms with Gasteiger partial charge >= 0.3 is 0 Å². The van der Waals surface area contributed by atoms with Crippen LogP contribution in [0.1, 0.15) is 26.7 Å². The summed E-state index contributed by atoms with van der Waals surface area (Å²) in [5, 5.41) is 6.21. The number of carbonyl (C=O) groups is 1. The van der Waals surface area contributed by atoms with E-state index < -0.39 is 0 Å². The van der Waals surface area contributed by atoms with Crippen molar-refractivity contribution in [3.63, 3.8) is 0 Å². The zero-order valence-corrected chi connectivity index (χ0v) is 9.82. The maximum Gasteiger partial charge on any atom is 0.236 e. The van der Waals surface area contributed by atoms with Gasteiger partial charge in [-0.15, -0.1) is 0 Å². The molecule has 1 amide bonds. The monoisotopic (exact) mass is 216 g/mol. The molecular formula is C10H20N2OS. The summed E-state index contributed by atoms with van der Waals surface area (Å²) in [6.45, 7) is 4.60. The van der Waals surface area contributed by atoms with E-state index in [1.807, 2.05) is 25.6 Å². The molecule has 14 heavy (non-hydrogen) atoms. The second kappa shape index (κ2) is 6.30. The minimum absolute atomic E-state index is 0.0527. The quantitative estimate of drug-likeness (QED) is 0.736. The molecule has 0 aromatic heterocycles. The number of hydrogen-bond donors (Lipinski definition) is 2. The van der Waals surface area contributed by atoms with E-state index in [2.05, 4.69) is 10.6 Å². The normalized spacial score (nSPS) is 20.4. The van der Waals surface area contributed by atoms with Crippen LogP contribution in [0, 0.1) is 0 Å². The van der Waals surface area contributed by atoms with Gasteiger partial charge in [0.2, 0.25) is 5.91 Å². The van der Waals surface area contributed by atoms with Gasteiger partial charge in [-0.3, -0.25) is 4.79 Å². The van der Waals surface area contributed by atoms with E-state index in [0.717, 1.165) is 0 Å². The first-order valence-corrected chi connectivity index (χ1v) is 6.51. The van der Waals surface area contributed by atoms with Crippen LogP contribution in [0.3, 0.4) is 0 Å². The van der Waals surface area contributed by atoms with Crippen molar-refractivity contribution in [3.05, 3.63) is 0 Å². The molecule has 3 nitrogen and oxygen atoms in total. The summed E-state index contributed by atoms with van der Waals surface area (Å²) in [7, 11) is 0. The molecule has 82 valence electrons. The Morgan fingerprint density at radius 3 is 2.71 bits per heavy atom. The van der Waals surface area contributed by atoms with Crippen molar-refractivity contribution in [1.29, 1.82) is 0 Å². The Bertz CT molecular complexity index is 181. The lowest BCUT2D eigenvalue weighted by Crippen LogP contribution is -2.47. The van der Waals surface area contributed by atoms with Crippen molar-refractivity contribution in [2.24, 2.45) is 0 Å². The summed E-state index contributed by atoms with van der Waals surface area (Å²) < 4.78 is 0. The van der Waals surface area contributed by atoms with Crippen LogP contribution in [0.2, 0.25) is 0 Å². The van der Waals surface area contributed by atoms with Crippen molar-refractivity contribution in [2.75, 3.05) is 18.1 Å². The minimum atomic E-state index is -0.0527. The molecule has 4 heteroatoms. The molecule has 0 aromatic rings. The van der Waals surface area contributed by atoms with E-state index in [0.29, 0.717) is 12.6 Å². The van der Waals surface area contributed by atoms with Crippen LogP contribution in [-0.4, -0.2) is 36.0 Å². The number of nitrogens with one attached hydrogen (secondary N) is 2. The molecule has 0 aromatic carbocycles. The van der Waals surface area contributed by atoms with Crippen LogP contribution >= 0.6 is 11.8 Å². The molecule has 0 radical (unpaired) electrons. The van der Waals surface area contributed by atoms with E-state index in [1.54, 1.807) is 0 Å². The average molecular weight is 216 g/mol. The molecule has 2 N–H and O–H groups in total. The van der Waals surface area contributed by atoms with Crippen LogP contribution in [0.4, 0.5) is 0 Å². The van der Waals surface area contributed by atoms with E-state index in [9.17, 15) is 4.79 Å². The molecule has 0 bridgehead atoms. The summed E-state index contributed by atoms with van der Waals surface area (Å²) in [4.78, 5) is 11.4. The fraction of sp³-hybridized carbons (Fsp3) is 0.900. The molecule has 1 atom stereocenters. The second-order valence-corrected chi connectivity index (χ2v) is 4.89. The second-order valence-electron chi connectivity index (χ2n) is 3.67. The molecule has 1 fully saturated rings. The Hall–Kier alpha value is -0.220. The van der Waals surface area contributed by atoms with Crippen LogP contribution in [0.15, 0.2) is 0 Å². The van der Waals surface area contributed by atoms with E-state index in [1.165, 1.54) is 24.3 Å². The summed E-state index contributed by atoms with van der Waals surface area (Å²) in [6, 6.07) is 0.483. The number of amides is 1. The van der Waals surface area contributed by atoms with Gasteiger partial charge in [0.25, 0.3) is 0 Å². The van der Waals surface area contributed by atoms with Crippen molar-refractivity contribution >= 4 is 17.7 Å². The largest absolute Gasteiger partial charge is 0.355 e. The summed E-state index contributed by atoms with van der Waals surface area (Å²) in [5.41, 5.74) is 0. The van der Waals surface area contributed by atoms with Crippen molar-refractivity contribution in [3.8, 4) is 0 Å². The zero-order chi connectivity index (χ0) is 10.4. The van der Waals surface area contributed by atoms with Gasteiger partial charge in [-0.25, -0.2) is 0 Å². The molecule has 1 aliphatic heterocycles. The summed E-state index contributed by atoms with van der Waals surface area (Å²) in [5.74, 6) is 2.56. The van der Waals surface area contributed by atoms with Crippen LogP contribution in [-0.2, 0) is 4.79 Å². The van der Waals surface area contributed by atoms with Crippen molar-refractivity contribution in [1.82, 2.24) is 10.6 Å². The van der Waals surface area contributed by atoms with Gasteiger partial charge < -0.3 is 10.6 Å². The number of likely N-dealkylation sites (N-methyl/N-ethyl adjacent to an activating group) is 1. The molecule has 1 rings (SSSR count). The maximum absolute atomic E-state index is 11.4. The lowest BCUT2D eigenvalue weighted by Gasteiger charge is -2.25. The highest BCUT2D eigenvalue weighted by Crippen LogP contribution is 2.17. The minimum Gasteiger partial charge on any atom is -0.355 e. The van der Waals surface area contributed by atoms with Crippen LogP contribution in [0.5, 0.6) is 0 Å². The van der Waals surface area contributed by atoms with E-state index in [-0.39, 0.29) is 11.9 Å². The highest BCUT2D eigenvalue weighted by Gasteiger charge is 2.18. The first-order valence-electron chi connectivity index (χ1n) is 5.35. The predicted octanol–water partition coefficient (Wildman–Crippen LogP) is 0.996. The Morgan fingerprint density at radius 1 is 1.50 bits per heavy atom. The third-order valence-corrected chi connectivity index (χ3v) is 3.50. The van der Waals surface area contributed by atoms with Gasteiger partial charge in [-0.05, 0) is 38.2 Å². The van der Waals surface area contributed by atoms with Gasteiger partial charge in [0.1, 0.15) is 0 Å². The first-order chi connectivity index (χ1) is 6.74. The zero-order valence-electron chi connectivity index (χ0n) is 9.01. The summed E-state index contributed by atoms with van der Waals surface area (Å²) >= 11 is 2.00. The topological polar surface area (TPSA) is 41.1 Å². The molecule has 1 heterocycles. The van der Waals surface area contributed by atoms with Crippen LogP contribution < -0.4 is 10.6 Å². The summed E-state index contributed by atoms with van der Waals surface area (Å²) in [6.07, 6.45) is 2.38. The molecule has 1 saturated heterocycles. The highest BCUT2D eigenvalue weighted by atomic mass is 32.2. The Morgan fingerprint density at radius 2 is 2.14 bits per heavy atom. The highest BCUT2D eigenvalue weighted by molar-refractivity contribution is 7.99. The van der Waals surface area contributed by atoms with Crippen molar-refractivity contribution < 1.29 is 4.79 Å². The SMILES string of the molecule is CCNC(=O)C(C)NC1CCSCC1. The fourth-order valence-electron chi connectivity index (χ4n) is 1.62. The van der Waals surface area contributed by atoms with Gasteiger partial charge in [-0.1, -0.05) is 0 Å². The number of rotatable bonds is 4. The molecule has 1 aliphatic rings. The van der Waals surface area contributed by atoms with Gasteiger partial charge in [0.15, 0.2) is 0 Å². The number of hydrogen-bond acceptors (Lipinski definition) is 3. The lowest BCUT2D eigenvalue weighted by atomic mass is 10.1. The number of thioether (sulfide) groups is 1. The fourth-order valence-corrected chi connectivity index (χ4v) is 2.73. The van der Waals surface area contributed by atoms with Gasteiger partial charge in [-0.2, -0.15) is 11.8 Å². The maximum atomic E-state index is 11.4. The Kier molecular flexibility index (Phi) is 5.33. The third kappa shape index (κ3) is 3.88. The standard InChI is InChI=1S/C10H20N2OS/c1-3-11-10(13)8(2)12-9-4-6-14-7-5-9/h8-9,12H,3-7H2,1-2H3,(H,11,13). The molecule has 0 saturated carbocycles. The van der Waals surface area contributed by atoms with Crippen molar-refractivity contribution in [2.45, 2.75) is 38.8 Å². The molecule has 1 unspecified atom stereocenters. The lowest BCUT2D eigenvalue weighted by molar-refractivity contribution is -0.122. The molecule has 0 spiro atoms. The van der Waals surface area contributed by atoms with E-state index in [4.69, 9.17) is 0 Å². The van der Waals surface area contributed by atoms with Gasteiger partial charge in [0, 0.05) is 12.6 Å². The Labute approximate surface area is 90.4 Å². The average Bonchev–Trinajstić information content (AvgIpc) is 2.19. The Balaban J connectivity index is 2.24. The first kappa shape index (κ1) is 11.9. The van der Waals surface area contributed by atoms with Crippen LogP contribution in [0.25, 0.3) is 0 Å². The van der Waals surface area contributed by atoms with E-state index >= 15 is 0 Å². The smallest absolute Gasteiger partial charge is 0.236 e.